The quantitative estimate of drug-likeness (QED) is 0.130. The number of nitrogens with zero attached hydrogens (tertiary/aromatic N) is 6. The lowest BCUT2D eigenvalue weighted by molar-refractivity contribution is 0.0940. The van der Waals surface area contributed by atoms with E-state index in [1.165, 1.54) is 9.58 Å². The molecule has 0 aliphatic carbocycles. The highest BCUT2D eigenvalue weighted by atomic mass is 16.2. The van der Waals surface area contributed by atoms with Crippen LogP contribution in [0.4, 0.5) is 11.4 Å². The lowest BCUT2D eigenvalue weighted by atomic mass is 10.3. The smallest absolute Gasteiger partial charge is 0.287 e. The number of para-hydroxylation sites is 2. The van der Waals surface area contributed by atoms with Gasteiger partial charge in [-0.3, -0.25) is 31.3 Å². The van der Waals surface area contributed by atoms with Crippen molar-refractivity contribution >= 4 is 23.2 Å². The topological polar surface area (TPSA) is 196 Å². The van der Waals surface area contributed by atoms with Crippen LogP contribution in [0.15, 0.2) is 60.7 Å². The highest BCUT2D eigenvalue weighted by Gasteiger charge is 2.16. The monoisotopic (exact) mass is 464 g/mol. The molecule has 4 rings (SSSR count). The molecule has 8 N–H and O–H groups in total. The number of nitrogen functional groups attached to an aromatic ring is 2. The fourth-order valence-corrected chi connectivity index (χ4v) is 2.70. The Labute approximate surface area is 194 Å². The summed E-state index contributed by atoms with van der Waals surface area (Å²) in [7, 11) is 0. The molecule has 0 saturated heterocycles. The van der Waals surface area contributed by atoms with Crippen LogP contribution < -0.4 is 33.4 Å². The van der Waals surface area contributed by atoms with Crippen molar-refractivity contribution in [3.63, 3.8) is 0 Å². The lowest BCUT2D eigenvalue weighted by Gasteiger charge is -2.06. The summed E-state index contributed by atoms with van der Waals surface area (Å²) in [5.74, 6) is 9.14. The van der Waals surface area contributed by atoms with E-state index >= 15 is 0 Å². The molecule has 0 saturated carbocycles. The maximum atomic E-state index is 11.3. The first kappa shape index (κ1) is 23.8. The maximum absolute atomic E-state index is 11.3. The summed E-state index contributed by atoms with van der Waals surface area (Å²) in [5, 5.41) is 15.1. The molecule has 2 aromatic heterocycles. The van der Waals surface area contributed by atoms with Gasteiger partial charge in [0.2, 0.25) is 0 Å². The van der Waals surface area contributed by atoms with Gasteiger partial charge in [-0.25, -0.2) is 11.7 Å². The number of rotatable bonds is 6. The van der Waals surface area contributed by atoms with Crippen molar-refractivity contribution in [3.8, 4) is 0 Å². The Morgan fingerprint density at radius 3 is 1.35 bits per heavy atom. The van der Waals surface area contributed by atoms with Crippen LogP contribution in [-0.4, -0.2) is 42.0 Å². The molecule has 0 aliphatic heterocycles. The van der Waals surface area contributed by atoms with Gasteiger partial charge < -0.3 is 0 Å². The zero-order valence-electron chi connectivity index (χ0n) is 18.4. The van der Waals surface area contributed by atoms with Crippen LogP contribution in [0.25, 0.3) is 0 Å². The number of hydrogen-bond acceptors (Lipinski definition) is 10. The molecular formula is C20H24N12O2. The van der Waals surface area contributed by atoms with Crippen molar-refractivity contribution in [3.05, 3.63) is 83.4 Å². The second-order valence-corrected chi connectivity index (χ2v) is 6.77. The van der Waals surface area contributed by atoms with E-state index in [4.69, 9.17) is 11.7 Å². The number of hydrazine groups is 2. The molecule has 0 spiro atoms. The third-order valence-electron chi connectivity index (χ3n) is 4.50. The molecular weight excluding hydrogens is 440 g/mol. The second-order valence-electron chi connectivity index (χ2n) is 6.77. The third kappa shape index (κ3) is 5.70. The Morgan fingerprint density at radius 2 is 1.03 bits per heavy atom. The second kappa shape index (κ2) is 11.2. The Balaban J connectivity index is 0.000000191. The van der Waals surface area contributed by atoms with E-state index in [0.717, 1.165) is 11.4 Å². The van der Waals surface area contributed by atoms with E-state index in [2.05, 4.69) is 31.5 Å². The highest BCUT2D eigenvalue weighted by molar-refractivity contribution is 5.93. The van der Waals surface area contributed by atoms with Gasteiger partial charge in [-0.2, -0.15) is 9.58 Å². The minimum absolute atomic E-state index is 0.191. The molecule has 34 heavy (non-hydrogen) atoms. The number of aromatic nitrogens is 6. The summed E-state index contributed by atoms with van der Waals surface area (Å²) >= 11 is 0. The summed E-state index contributed by atoms with van der Waals surface area (Å²) in [6.45, 7) is 3.45. The van der Waals surface area contributed by atoms with Crippen molar-refractivity contribution in [2.24, 2.45) is 11.7 Å². The molecule has 2 heterocycles. The van der Waals surface area contributed by atoms with E-state index in [9.17, 15) is 9.59 Å². The maximum Gasteiger partial charge on any atom is 0.287 e. The predicted octanol–water partition coefficient (Wildman–Crippen LogP) is 0.130. The van der Waals surface area contributed by atoms with Crippen molar-refractivity contribution in [2.45, 2.75) is 13.8 Å². The minimum Gasteiger partial charge on any atom is -0.289 e. The fourth-order valence-electron chi connectivity index (χ4n) is 2.70. The van der Waals surface area contributed by atoms with E-state index in [0.29, 0.717) is 11.4 Å². The van der Waals surface area contributed by atoms with Gasteiger partial charge in [-0.05, 0) is 48.5 Å². The minimum atomic E-state index is -0.469. The van der Waals surface area contributed by atoms with Gasteiger partial charge in [0, 0.05) is 0 Å². The molecule has 0 atom stereocenters. The predicted molar refractivity (Wildman–Crippen MR) is 124 cm³/mol. The summed E-state index contributed by atoms with van der Waals surface area (Å²) in [6, 6.07) is 18.9. The molecule has 2 aromatic carbocycles. The van der Waals surface area contributed by atoms with Gasteiger partial charge in [-0.15, -0.1) is 10.2 Å². The molecule has 4 aromatic rings. The lowest BCUT2D eigenvalue weighted by Crippen LogP contribution is -2.31. The molecule has 2 amide bonds. The number of benzene rings is 2. The molecule has 0 fully saturated rings. The van der Waals surface area contributed by atoms with Crippen LogP contribution in [0.1, 0.15) is 32.4 Å². The van der Waals surface area contributed by atoms with Crippen molar-refractivity contribution in [2.75, 3.05) is 10.9 Å². The summed E-state index contributed by atoms with van der Waals surface area (Å²) in [6.07, 6.45) is 0. The van der Waals surface area contributed by atoms with E-state index in [1.807, 2.05) is 71.5 Å². The van der Waals surface area contributed by atoms with Crippen LogP contribution in [0.2, 0.25) is 0 Å². The molecule has 14 heteroatoms. The van der Waals surface area contributed by atoms with Gasteiger partial charge in [0.15, 0.2) is 11.4 Å². The van der Waals surface area contributed by atoms with E-state index < -0.39 is 11.8 Å². The standard InChI is InChI=1S/2C10H12N6O/c2*1-7-9(10(17)12-11)13-15-16(7)14-8-5-3-2-4-6-8/h2*2-6,14H,11H2,1H3,(H,12,17). The number of nitrogens with one attached hydrogen (secondary N) is 4. The first-order chi connectivity index (χ1) is 16.4. The molecule has 176 valence electrons. The number of amides is 2. The number of nitrogens with two attached hydrogens (primary N) is 2. The SMILES string of the molecule is Cc1c(C(=O)NN)nnn1Nc1ccccc1.Cc1c(C(=O)NN)nnn1Nc1ccccc1. The number of carbonyl (C=O) groups is 2. The first-order valence-corrected chi connectivity index (χ1v) is 9.95. The van der Waals surface area contributed by atoms with Crippen LogP contribution in [0.5, 0.6) is 0 Å². The Bertz CT molecular complexity index is 1140. The van der Waals surface area contributed by atoms with Gasteiger partial charge in [0.05, 0.1) is 22.8 Å². The van der Waals surface area contributed by atoms with Crippen LogP contribution in [-0.2, 0) is 0 Å². The molecule has 0 radical (unpaired) electrons. The normalized spacial score (nSPS) is 10.0. The number of anilines is 2. The van der Waals surface area contributed by atoms with E-state index in [1.54, 1.807) is 13.8 Å². The molecule has 0 unspecified atom stereocenters. The van der Waals surface area contributed by atoms with Crippen LogP contribution in [0, 0.1) is 13.8 Å². The summed E-state index contributed by atoms with van der Waals surface area (Å²) in [5.41, 5.74) is 13.3. The Kier molecular flexibility index (Phi) is 7.83. The highest BCUT2D eigenvalue weighted by Crippen LogP contribution is 2.09. The van der Waals surface area contributed by atoms with Crippen LogP contribution in [0.3, 0.4) is 0 Å². The summed E-state index contributed by atoms with van der Waals surface area (Å²) in [4.78, 5) is 25.5. The molecule has 0 bridgehead atoms. The zero-order valence-corrected chi connectivity index (χ0v) is 18.4. The zero-order chi connectivity index (χ0) is 24.5. The van der Waals surface area contributed by atoms with Crippen molar-refractivity contribution < 1.29 is 9.59 Å². The van der Waals surface area contributed by atoms with Gasteiger partial charge in [0.25, 0.3) is 11.8 Å². The largest absolute Gasteiger partial charge is 0.289 e. The van der Waals surface area contributed by atoms with Crippen LogP contribution >= 0.6 is 0 Å². The number of hydrogen-bond donors (Lipinski definition) is 6. The van der Waals surface area contributed by atoms with Crippen molar-refractivity contribution in [1.82, 2.24) is 41.1 Å². The van der Waals surface area contributed by atoms with Gasteiger partial charge in [-0.1, -0.05) is 36.4 Å². The van der Waals surface area contributed by atoms with Crippen molar-refractivity contribution in [1.29, 1.82) is 0 Å². The molecule has 0 aliphatic rings. The first-order valence-electron chi connectivity index (χ1n) is 9.95. The average Bonchev–Trinajstić information content (AvgIpc) is 3.42. The average molecular weight is 464 g/mol. The third-order valence-corrected chi connectivity index (χ3v) is 4.50. The fraction of sp³-hybridized carbons (Fsp3) is 0.100. The van der Waals surface area contributed by atoms with Gasteiger partial charge >= 0.3 is 0 Å². The van der Waals surface area contributed by atoms with Gasteiger partial charge in [0.1, 0.15) is 0 Å². The number of carbonyl (C=O) groups excluding carboxylic acids is 2. The Hall–Kier alpha value is -4.82. The Morgan fingerprint density at radius 1 is 0.676 bits per heavy atom. The molecule has 14 nitrogen and oxygen atoms in total. The van der Waals surface area contributed by atoms with E-state index in [-0.39, 0.29) is 11.4 Å². The summed E-state index contributed by atoms with van der Waals surface area (Å²) < 4.78 is 0.